The fraction of sp³-hybridized carbons (Fsp3) is 0.286. The van der Waals surface area contributed by atoms with Crippen LogP contribution in [0.1, 0.15) is 48.9 Å². The number of carbonyl (C=O) groups is 4. The van der Waals surface area contributed by atoms with Crippen LogP contribution in [0.25, 0.3) is 21.5 Å². The molecule has 20 heteroatoms. The van der Waals surface area contributed by atoms with Gasteiger partial charge in [-0.2, -0.15) is 0 Å². The van der Waals surface area contributed by atoms with E-state index in [4.69, 9.17) is 22.3 Å². The van der Waals surface area contributed by atoms with Crippen molar-refractivity contribution in [2.24, 2.45) is 0 Å². The van der Waals surface area contributed by atoms with Gasteiger partial charge in [0.25, 0.3) is 20.0 Å². The van der Waals surface area contributed by atoms with E-state index in [0.717, 1.165) is 25.4 Å². The molecule has 0 aromatic heterocycles. The normalized spacial score (nSPS) is 11.7. The predicted molar refractivity (Wildman–Crippen MR) is 291 cm³/mol. The first-order valence-corrected chi connectivity index (χ1v) is 26.1. The summed E-state index contributed by atoms with van der Waals surface area (Å²) in [5.41, 5.74) is 4.74. The molecule has 6 aromatic rings. The van der Waals surface area contributed by atoms with Gasteiger partial charge in [0.2, 0.25) is 0 Å². The molecule has 0 aliphatic rings. The topological polar surface area (TPSA) is 238 Å². The Morgan fingerprint density at radius 2 is 0.895 bits per heavy atom. The molecule has 0 amide bonds. The van der Waals surface area contributed by atoms with E-state index in [9.17, 15) is 46.2 Å². The zero-order valence-corrected chi connectivity index (χ0v) is 45.6. The van der Waals surface area contributed by atoms with Crippen LogP contribution in [0.5, 0.6) is 0 Å². The molecule has 3 N–H and O–H groups in total. The number of carboxylic acids is 2. The molecule has 0 aliphatic carbocycles. The van der Waals surface area contributed by atoms with Gasteiger partial charge in [0.1, 0.15) is 13.1 Å². The van der Waals surface area contributed by atoms with Crippen molar-refractivity contribution in [3.8, 4) is 24.7 Å². The summed E-state index contributed by atoms with van der Waals surface area (Å²) < 4.78 is 67.1. The van der Waals surface area contributed by atoms with Crippen LogP contribution in [-0.2, 0) is 48.7 Å². The van der Waals surface area contributed by atoms with Gasteiger partial charge in [-0.1, -0.05) is 95.8 Å². The number of esters is 2. The maximum Gasteiger partial charge on any atom is 1.00 e. The summed E-state index contributed by atoms with van der Waals surface area (Å²) >= 11 is 0. The van der Waals surface area contributed by atoms with Gasteiger partial charge in [-0.3, -0.25) is 27.8 Å². The Morgan fingerprint density at radius 1 is 0.539 bits per heavy atom. The zero-order chi connectivity index (χ0) is 54.7. The fourth-order valence-electron chi connectivity index (χ4n) is 8.74. The second-order valence-electron chi connectivity index (χ2n) is 17.6. The number of carbonyl (C=O) groups excluding carboxylic acids is 2. The Labute approximate surface area is 457 Å². The summed E-state index contributed by atoms with van der Waals surface area (Å²) in [6, 6.07) is 30.0. The molecule has 76 heavy (non-hydrogen) atoms. The maximum atomic E-state index is 14.0. The summed E-state index contributed by atoms with van der Waals surface area (Å²) in [6.45, 7) is 9.79. The molecule has 6 rings (SSSR count). The largest absolute Gasteiger partial charge is 1.00 e. The van der Waals surface area contributed by atoms with Crippen molar-refractivity contribution in [1.29, 1.82) is 0 Å². The number of aliphatic carboxylic acids is 2. The van der Waals surface area contributed by atoms with E-state index in [1.54, 1.807) is 117 Å². The Morgan fingerprint density at radius 3 is 1.24 bits per heavy atom. The van der Waals surface area contributed by atoms with E-state index in [-0.39, 0.29) is 77.8 Å². The molecule has 0 aliphatic heterocycles. The van der Waals surface area contributed by atoms with Gasteiger partial charge >= 0.3 is 42.7 Å². The molecular formula is C56H61LiN4O13S2. The summed E-state index contributed by atoms with van der Waals surface area (Å²) in [4.78, 5) is 51.3. The first-order valence-electron chi connectivity index (χ1n) is 23.2. The van der Waals surface area contributed by atoms with Crippen LogP contribution in [0.2, 0.25) is 0 Å². The van der Waals surface area contributed by atoms with Crippen molar-refractivity contribution in [3.05, 3.63) is 131 Å². The summed E-state index contributed by atoms with van der Waals surface area (Å²) in [5, 5.41) is 21.3. The van der Waals surface area contributed by atoms with Crippen LogP contribution < -0.4 is 37.3 Å². The van der Waals surface area contributed by atoms with Crippen LogP contribution in [-0.4, -0.2) is 109 Å². The van der Waals surface area contributed by atoms with Gasteiger partial charge in [0.15, 0.2) is 0 Å². The Hall–Kier alpha value is -7.50. The molecule has 0 saturated heterocycles. The second-order valence-corrected chi connectivity index (χ2v) is 21.2. The minimum Gasteiger partial charge on any atom is -0.870 e. The molecule has 17 nitrogen and oxygen atoms in total. The van der Waals surface area contributed by atoms with Crippen molar-refractivity contribution < 1.29 is 80.0 Å². The molecule has 0 spiro atoms. The fourth-order valence-corrected chi connectivity index (χ4v) is 12.0. The minimum atomic E-state index is -4.23. The molecule has 0 unspecified atom stereocenters. The van der Waals surface area contributed by atoms with Crippen LogP contribution in [0.4, 0.5) is 22.7 Å². The molecule has 6 aromatic carbocycles. The zero-order valence-electron chi connectivity index (χ0n) is 44.0. The van der Waals surface area contributed by atoms with E-state index in [1.807, 2.05) is 37.8 Å². The van der Waals surface area contributed by atoms with E-state index in [2.05, 4.69) is 11.8 Å². The molecule has 396 valence electrons. The number of carboxylic acid groups (broad SMARTS) is 2. The predicted octanol–water partition coefficient (Wildman–Crippen LogP) is 5.08. The van der Waals surface area contributed by atoms with E-state index in [0.29, 0.717) is 44.0 Å². The molecule has 0 radical (unpaired) electrons. The molecular weight excluding hydrogens is 1010 g/mol. The third-order valence-corrected chi connectivity index (χ3v) is 16.1. The summed E-state index contributed by atoms with van der Waals surface area (Å²) in [5.74, 6) is 1.84. The van der Waals surface area contributed by atoms with Gasteiger partial charge in [0.05, 0.1) is 61.3 Å². The van der Waals surface area contributed by atoms with Crippen molar-refractivity contribution in [2.75, 3.05) is 58.8 Å². The SMILES string of the molecule is C#CCN(c1ccc(N(CC(=O)O)S(=O)(=O)c2ccc(C)cc2C)c2ccccc12)[C@@H](C)CC(=O)O.C#CCN(c1ccc(N(CC(=O)OC)S(=O)(=O)c2ccc(C)cc2C)c2ccccc12)[C@@H](C)CC(=O)OC.[Li+].[OH-]. The van der Waals surface area contributed by atoms with Gasteiger partial charge in [-0.25, -0.2) is 16.8 Å². The van der Waals surface area contributed by atoms with Crippen molar-refractivity contribution in [1.82, 2.24) is 0 Å². The smallest absolute Gasteiger partial charge is 0.870 e. The number of fused-ring (bicyclic) bond motifs is 2. The number of benzene rings is 6. The van der Waals surface area contributed by atoms with Crippen LogP contribution in [0, 0.1) is 52.4 Å². The Balaban J connectivity index is 0.000000391. The van der Waals surface area contributed by atoms with Crippen molar-refractivity contribution in [3.63, 3.8) is 0 Å². The average Bonchev–Trinajstić information content (AvgIpc) is 3.35. The van der Waals surface area contributed by atoms with Crippen LogP contribution in [0.3, 0.4) is 0 Å². The second kappa shape index (κ2) is 27.3. The Kier molecular flexibility index (Phi) is 22.6. The van der Waals surface area contributed by atoms with E-state index >= 15 is 0 Å². The van der Waals surface area contributed by atoms with Gasteiger partial charge in [-0.05, 0) is 89.1 Å². The number of rotatable bonds is 20. The molecule has 0 fully saturated rings. The van der Waals surface area contributed by atoms with Crippen molar-refractivity contribution >= 4 is 88.2 Å². The quantitative estimate of drug-likeness (QED) is 0.0576. The maximum absolute atomic E-state index is 14.0. The van der Waals surface area contributed by atoms with E-state index < -0.39 is 57.1 Å². The third kappa shape index (κ3) is 14.5. The minimum absolute atomic E-state index is 0. The standard InChI is InChI=1S/C29H32N2O6S.C27H28N2O6S.Li.H2O/c1-7-16-30(22(4)18-28(32)36-5)25-13-14-26(24-11-9-8-10-23(24)25)31(19-29(33)37-6)38(34,35)27-15-12-20(2)17-21(27)3;1-5-14-28(20(4)16-26(30)31)23-11-12-24(22-9-7-6-8-21(22)23)29(17-27(32)33)36(34,35)25-13-10-18(2)15-19(25)3;;/h1,8-15,17,22H,16,18-19H2,2-6H3;1,6-13,15,20H,14,16-17H2,2-4H3,(H,30,31)(H,32,33);;1H2/q;;+1;/p-1/t22-;20-;;/m00../s1. The number of sulfonamides is 2. The monoisotopic (exact) mass is 1070 g/mol. The third-order valence-electron chi connectivity index (χ3n) is 12.2. The van der Waals surface area contributed by atoms with E-state index in [1.165, 1.54) is 20.3 Å². The summed E-state index contributed by atoms with van der Waals surface area (Å²) in [7, 11) is -5.84. The van der Waals surface area contributed by atoms with Crippen LogP contribution >= 0.6 is 0 Å². The van der Waals surface area contributed by atoms with Crippen molar-refractivity contribution in [2.45, 2.75) is 76.3 Å². The number of hydrogen-bond acceptors (Lipinski definition) is 13. The molecule has 0 heterocycles. The van der Waals surface area contributed by atoms with Crippen LogP contribution in [0.15, 0.2) is 119 Å². The van der Waals surface area contributed by atoms with Gasteiger partial charge in [0, 0.05) is 45.0 Å². The number of methoxy groups -OCH3 is 2. The number of nitrogens with zero attached hydrogens (tertiary/aromatic N) is 4. The first-order chi connectivity index (χ1) is 35.0. The number of anilines is 4. The molecule has 0 bridgehead atoms. The van der Waals surface area contributed by atoms with Gasteiger partial charge in [-0.15, -0.1) is 12.8 Å². The van der Waals surface area contributed by atoms with Gasteiger partial charge < -0.3 is 35.0 Å². The number of terminal acetylenes is 2. The Bertz CT molecular complexity index is 3410. The number of hydrogen-bond donors (Lipinski definition) is 2. The number of aryl methyl sites for hydroxylation is 4. The molecule has 0 saturated carbocycles. The average molecular weight is 1070 g/mol. The summed E-state index contributed by atoms with van der Waals surface area (Å²) in [6.07, 6.45) is 11.2. The number of ether oxygens (including phenoxy) is 2. The molecule has 2 atom stereocenters. The first kappa shape index (κ1) is 62.8.